The number of halogens is 1. The van der Waals surface area contributed by atoms with Gasteiger partial charge in [-0.05, 0) is 35.7 Å². The first kappa shape index (κ1) is 21.6. The Morgan fingerprint density at radius 3 is 2.48 bits per heavy atom. The highest BCUT2D eigenvalue weighted by Crippen LogP contribution is 2.25. The van der Waals surface area contributed by atoms with Crippen LogP contribution >= 0.6 is 23.1 Å². The number of benzene rings is 3. The van der Waals surface area contributed by atoms with E-state index < -0.39 is 0 Å². The van der Waals surface area contributed by atoms with E-state index in [2.05, 4.69) is 26.9 Å². The fraction of sp³-hybridized carbons (Fsp3) is 0.160. The molecule has 166 valence electrons. The SMILES string of the molecule is O=c1sc2ccccc2n1Cc1nnc(SCc2ccccc2F)n1CCc1ccccc1. The Hall–Kier alpha value is -3.23. The highest BCUT2D eigenvalue weighted by Gasteiger charge is 2.17. The lowest BCUT2D eigenvalue weighted by atomic mass is 10.1. The van der Waals surface area contributed by atoms with Gasteiger partial charge in [-0.3, -0.25) is 9.36 Å². The molecule has 3 aromatic carbocycles. The average molecular weight is 477 g/mol. The Kier molecular flexibility index (Phi) is 6.37. The molecule has 2 aromatic heterocycles. The van der Waals surface area contributed by atoms with E-state index in [1.54, 1.807) is 16.7 Å². The molecule has 0 saturated carbocycles. The summed E-state index contributed by atoms with van der Waals surface area (Å²) in [5, 5.41) is 9.55. The van der Waals surface area contributed by atoms with Crippen LogP contribution in [0.15, 0.2) is 88.8 Å². The van der Waals surface area contributed by atoms with Crippen LogP contribution in [-0.4, -0.2) is 19.3 Å². The molecule has 0 spiro atoms. The molecule has 33 heavy (non-hydrogen) atoms. The second-order valence-corrected chi connectivity index (χ2v) is 9.52. The zero-order chi connectivity index (χ0) is 22.6. The van der Waals surface area contributed by atoms with Gasteiger partial charge in [-0.25, -0.2) is 4.39 Å². The fourth-order valence-electron chi connectivity index (χ4n) is 3.72. The van der Waals surface area contributed by atoms with Crippen molar-refractivity contribution in [2.75, 3.05) is 0 Å². The Labute approximate surface area is 198 Å². The number of fused-ring (bicyclic) bond motifs is 1. The van der Waals surface area contributed by atoms with E-state index in [0.717, 1.165) is 21.8 Å². The van der Waals surface area contributed by atoms with Crippen LogP contribution in [0.2, 0.25) is 0 Å². The molecule has 0 amide bonds. The van der Waals surface area contributed by atoms with Crippen LogP contribution in [0.1, 0.15) is 17.0 Å². The van der Waals surface area contributed by atoms with Crippen molar-refractivity contribution in [1.82, 2.24) is 19.3 Å². The minimum absolute atomic E-state index is 0.0191. The average Bonchev–Trinajstić information content (AvgIpc) is 3.38. The maximum atomic E-state index is 14.1. The maximum Gasteiger partial charge on any atom is 0.308 e. The van der Waals surface area contributed by atoms with E-state index in [0.29, 0.717) is 30.2 Å². The molecule has 0 aliphatic heterocycles. The van der Waals surface area contributed by atoms with Crippen molar-refractivity contribution < 1.29 is 4.39 Å². The first-order chi connectivity index (χ1) is 16.2. The van der Waals surface area contributed by atoms with Gasteiger partial charge in [0.15, 0.2) is 11.0 Å². The number of thioether (sulfide) groups is 1. The second kappa shape index (κ2) is 9.72. The Morgan fingerprint density at radius 2 is 1.64 bits per heavy atom. The second-order valence-electron chi connectivity index (χ2n) is 7.59. The lowest BCUT2D eigenvalue weighted by molar-refractivity contribution is 0.586. The molecule has 5 aromatic rings. The van der Waals surface area contributed by atoms with Crippen LogP contribution in [-0.2, 0) is 25.3 Å². The van der Waals surface area contributed by atoms with Crippen LogP contribution in [0.5, 0.6) is 0 Å². The molecule has 0 fully saturated rings. The van der Waals surface area contributed by atoms with Gasteiger partial charge in [0.05, 0.1) is 16.8 Å². The molecule has 5 rings (SSSR count). The predicted molar refractivity (Wildman–Crippen MR) is 131 cm³/mol. The van der Waals surface area contributed by atoms with Crippen molar-refractivity contribution in [2.45, 2.75) is 30.4 Å². The summed E-state index contributed by atoms with van der Waals surface area (Å²) in [7, 11) is 0. The summed E-state index contributed by atoms with van der Waals surface area (Å²) < 4.78 is 18.9. The third-order valence-electron chi connectivity index (χ3n) is 5.45. The van der Waals surface area contributed by atoms with Gasteiger partial charge in [-0.1, -0.05) is 83.8 Å². The molecule has 0 saturated heterocycles. The Bertz CT molecular complexity index is 1440. The summed E-state index contributed by atoms with van der Waals surface area (Å²) in [5.41, 5.74) is 2.73. The van der Waals surface area contributed by atoms with Gasteiger partial charge in [-0.15, -0.1) is 10.2 Å². The van der Waals surface area contributed by atoms with Gasteiger partial charge in [0, 0.05) is 12.3 Å². The van der Waals surface area contributed by atoms with Crippen molar-refractivity contribution in [3.8, 4) is 0 Å². The van der Waals surface area contributed by atoms with E-state index in [-0.39, 0.29) is 10.7 Å². The van der Waals surface area contributed by atoms with Crippen LogP contribution < -0.4 is 4.87 Å². The maximum absolute atomic E-state index is 14.1. The molecule has 5 nitrogen and oxygen atoms in total. The summed E-state index contributed by atoms with van der Waals surface area (Å²) in [6.07, 6.45) is 0.804. The van der Waals surface area contributed by atoms with Crippen LogP contribution in [0.3, 0.4) is 0 Å². The molecule has 0 atom stereocenters. The monoisotopic (exact) mass is 476 g/mol. The lowest BCUT2D eigenvalue weighted by Crippen LogP contribution is -2.18. The first-order valence-electron chi connectivity index (χ1n) is 10.6. The number of rotatable bonds is 8. The summed E-state index contributed by atoms with van der Waals surface area (Å²) in [4.78, 5) is 12.6. The van der Waals surface area contributed by atoms with Crippen LogP contribution in [0, 0.1) is 5.82 Å². The van der Waals surface area contributed by atoms with Crippen molar-refractivity contribution in [1.29, 1.82) is 0 Å². The van der Waals surface area contributed by atoms with Gasteiger partial charge in [0.2, 0.25) is 0 Å². The molecule has 0 aliphatic rings. The molecule has 0 radical (unpaired) electrons. The minimum Gasteiger partial charge on any atom is -0.304 e. The quantitative estimate of drug-likeness (QED) is 0.282. The number of hydrogen-bond acceptors (Lipinski definition) is 5. The number of thiazole rings is 1. The molecular weight excluding hydrogens is 455 g/mol. The van der Waals surface area contributed by atoms with Crippen molar-refractivity contribution >= 4 is 33.3 Å². The van der Waals surface area contributed by atoms with Gasteiger partial charge in [0.25, 0.3) is 0 Å². The number of para-hydroxylation sites is 1. The molecule has 8 heteroatoms. The molecule has 0 aliphatic carbocycles. The predicted octanol–water partition coefficient (Wildman–Crippen LogP) is 5.38. The highest BCUT2D eigenvalue weighted by atomic mass is 32.2. The summed E-state index contributed by atoms with van der Waals surface area (Å²) in [6.45, 7) is 1.01. The minimum atomic E-state index is -0.225. The van der Waals surface area contributed by atoms with Gasteiger partial charge < -0.3 is 4.57 Å². The van der Waals surface area contributed by atoms with E-state index in [4.69, 9.17) is 0 Å². The third-order valence-corrected chi connectivity index (χ3v) is 7.42. The van der Waals surface area contributed by atoms with Crippen LogP contribution in [0.4, 0.5) is 4.39 Å². The standard InChI is InChI=1S/C25H21FN4OS2/c26-20-11-5-4-10-19(20)17-32-24-28-27-23(29(24)15-14-18-8-2-1-3-9-18)16-30-21-12-6-7-13-22(21)33-25(30)31/h1-13H,14-17H2. The van der Waals surface area contributed by atoms with E-state index in [1.807, 2.05) is 48.5 Å². The van der Waals surface area contributed by atoms with Crippen LogP contribution in [0.25, 0.3) is 10.2 Å². The van der Waals surface area contributed by atoms with Gasteiger partial charge in [-0.2, -0.15) is 0 Å². The normalized spacial score (nSPS) is 11.3. The molecule has 0 bridgehead atoms. The number of hydrogen-bond donors (Lipinski definition) is 0. The van der Waals surface area contributed by atoms with Crippen molar-refractivity contribution in [2.24, 2.45) is 0 Å². The van der Waals surface area contributed by atoms with Crippen molar-refractivity contribution in [3.05, 3.63) is 111 Å². The zero-order valence-corrected chi connectivity index (χ0v) is 19.4. The molecule has 0 N–H and O–H groups in total. The Balaban J connectivity index is 1.45. The van der Waals surface area contributed by atoms with E-state index >= 15 is 0 Å². The summed E-state index contributed by atoms with van der Waals surface area (Å²) >= 11 is 2.69. The number of aryl methyl sites for hydroxylation is 1. The van der Waals surface area contributed by atoms with E-state index in [1.165, 1.54) is 34.7 Å². The topological polar surface area (TPSA) is 52.7 Å². The van der Waals surface area contributed by atoms with Crippen molar-refractivity contribution in [3.63, 3.8) is 0 Å². The molecule has 2 heterocycles. The highest BCUT2D eigenvalue weighted by molar-refractivity contribution is 7.98. The Morgan fingerprint density at radius 1 is 0.879 bits per heavy atom. The summed E-state index contributed by atoms with van der Waals surface area (Å²) in [6, 6.07) is 24.8. The van der Waals surface area contributed by atoms with Gasteiger partial charge in [0.1, 0.15) is 5.82 Å². The summed E-state index contributed by atoms with van der Waals surface area (Å²) in [5.74, 6) is 0.946. The van der Waals surface area contributed by atoms with E-state index in [9.17, 15) is 9.18 Å². The number of aromatic nitrogens is 4. The zero-order valence-electron chi connectivity index (χ0n) is 17.7. The molecule has 0 unspecified atom stereocenters. The lowest BCUT2D eigenvalue weighted by Gasteiger charge is -2.11. The third kappa shape index (κ3) is 4.77. The largest absolute Gasteiger partial charge is 0.308 e. The first-order valence-corrected chi connectivity index (χ1v) is 12.4. The fourth-order valence-corrected chi connectivity index (χ4v) is 5.58. The number of nitrogens with zero attached hydrogens (tertiary/aromatic N) is 4. The smallest absolute Gasteiger partial charge is 0.304 e. The van der Waals surface area contributed by atoms with Gasteiger partial charge >= 0.3 is 4.87 Å². The molecular formula is C25H21FN4OS2.